The maximum absolute atomic E-state index is 11.8. The zero-order valence-electron chi connectivity index (χ0n) is 10.6. The van der Waals surface area contributed by atoms with Gasteiger partial charge in [0.05, 0.1) is 25.0 Å². The van der Waals surface area contributed by atoms with Crippen molar-refractivity contribution in [3.8, 4) is 5.69 Å². The van der Waals surface area contributed by atoms with Crippen LogP contribution in [0.2, 0.25) is 0 Å². The molecule has 0 saturated carbocycles. The first-order chi connectivity index (χ1) is 9.61. The number of methoxy groups -OCH3 is 1. The Balaban J connectivity index is 2.17. The lowest BCUT2D eigenvalue weighted by molar-refractivity contribution is 0.0691. The average Bonchev–Trinajstić information content (AvgIpc) is 2.90. The molecule has 0 bridgehead atoms. The van der Waals surface area contributed by atoms with Crippen molar-refractivity contribution in [3.63, 3.8) is 0 Å². The molecule has 1 amide bonds. The van der Waals surface area contributed by atoms with Crippen LogP contribution in [0, 0.1) is 0 Å². The first-order valence-corrected chi connectivity index (χ1v) is 5.88. The highest BCUT2D eigenvalue weighted by atomic mass is 16.5. The summed E-state index contributed by atoms with van der Waals surface area (Å²) in [5.74, 6) is -0.625. The van der Waals surface area contributed by atoms with Crippen LogP contribution < -0.4 is 4.90 Å². The number of aromatic carboxylic acids is 1. The maximum Gasteiger partial charge on any atom is 0.414 e. The van der Waals surface area contributed by atoms with Crippen LogP contribution in [0.4, 0.5) is 10.5 Å². The lowest BCUT2D eigenvalue weighted by Gasteiger charge is -2.28. The van der Waals surface area contributed by atoms with Crippen molar-refractivity contribution in [1.82, 2.24) is 9.55 Å². The molecule has 0 aliphatic carbocycles. The largest absolute Gasteiger partial charge is 0.476 e. The van der Waals surface area contributed by atoms with Gasteiger partial charge in [-0.3, -0.25) is 9.47 Å². The highest BCUT2D eigenvalue weighted by Crippen LogP contribution is 2.32. The summed E-state index contributed by atoms with van der Waals surface area (Å²) in [7, 11) is 1.30. The Kier molecular flexibility index (Phi) is 2.67. The number of anilines is 1. The quantitative estimate of drug-likeness (QED) is 0.854. The molecule has 1 aromatic carbocycles. The first-order valence-electron chi connectivity index (χ1n) is 5.88. The van der Waals surface area contributed by atoms with Gasteiger partial charge in [-0.15, -0.1) is 0 Å². The Bertz CT molecular complexity index is 707. The molecule has 7 nitrogen and oxygen atoms in total. The van der Waals surface area contributed by atoms with Crippen molar-refractivity contribution in [1.29, 1.82) is 0 Å². The molecule has 20 heavy (non-hydrogen) atoms. The fourth-order valence-electron chi connectivity index (χ4n) is 2.24. The zero-order chi connectivity index (χ0) is 14.3. The summed E-state index contributed by atoms with van der Waals surface area (Å²) in [4.78, 5) is 28.3. The van der Waals surface area contributed by atoms with E-state index in [0.29, 0.717) is 17.2 Å². The van der Waals surface area contributed by atoms with Crippen molar-refractivity contribution in [3.05, 3.63) is 42.0 Å². The molecule has 0 atom stereocenters. The van der Waals surface area contributed by atoms with Gasteiger partial charge >= 0.3 is 12.1 Å². The van der Waals surface area contributed by atoms with Crippen molar-refractivity contribution < 1.29 is 19.4 Å². The van der Waals surface area contributed by atoms with Crippen LogP contribution in [-0.4, -0.2) is 33.8 Å². The molecule has 2 aromatic rings. The fourth-order valence-corrected chi connectivity index (χ4v) is 2.24. The number of ether oxygens (including phenoxy) is 1. The number of aromatic nitrogens is 2. The van der Waals surface area contributed by atoms with E-state index in [4.69, 9.17) is 9.84 Å². The third-order valence-electron chi connectivity index (χ3n) is 3.12. The smallest absolute Gasteiger partial charge is 0.414 e. The number of fused-ring (bicyclic) bond motifs is 3. The van der Waals surface area contributed by atoms with Crippen LogP contribution in [0.15, 0.2) is 30.5 Å². The van der Waals surface area contributed by atoms with Gasteiger partial charge in [-0.1, -0.05) is 12.1 Å². The first kappa shape index (κ1) is 12.2. The monoisotopic (exact) mass is 273 g/mol. The van der Waals surface area contributed by atoms with E-state index in [1.807, 2.05) is 6.07 Å². The van der Waals surface area contributed by atoms with Crippen molar-refractivity contribution in [2.24, 2.45) is 0 Å². The van der Waals surface area contributed by atoms with Crippen LogP contribution in [0.3, 0.4) is 0 Å². The third kappa shape index (κ3) is 1.71. The number of carbonyl (C=O) groups is 2. The number of nitrogens with zero attached hydrogens (tertiary/aromatic N) is 3. The second kappa shape index (κ2) is 4.37. The number of rotatable bonds is 1. The molecule has 102 valence electrons. The van der Waals surface area contributed by atoms with E-state index in [2.05, 4.69) is 4.98 Å². The Morgan fingerprint density at radius 3 is 2.65 bits per heavy atom. The molecule has 0 fully saturated rings. The van der Waals surface area contributed by atoms with Gasteiger partial charge in [0.1, 0.15) is 5.82 Å². The van der Waals surface area contributed by atoms with Gasteiger partial charge in [0.25, 0.3) is 0 Å². The van der Waals surface area contributed by atoms with Gasteiger partial charge in [-0.2, -0.15) is 0 Å². The molecule has 1 aliphatic rings. The number of imidazole rings is 1. The fraction of sp³-hybridized carbons (Fsp3) is 0.154. The number of carbonyl (C=O) groups excluding carboxylic acids is 1. The Hall–Kier alpha value is -2.83. The molecule has 1 N–H and O–H groups in total. The second-order valence-corrected chi connectivity index (χ2v) is 4.26. The van der Waals surface area contributed by atoms with E-state index in [9.17, 15) is 9.59 Å². The summed E-state index contributed by atoms with van der Waals surface area (Å²) in [5.41, 5.74) is 1.29. The van der Waals surface area contributed by atoms with E-state index < -0.39 is 12.1 Å². The van der Waals surface area contributed by atoms with Gasteiger partial charge in [0, 0.05) is 6.20 Å². The minimum atomic E-state index is -1.10. The second-order valence-electron chi connectivity index (χ2n) is 4.26. The van der Waals surface area contributed by atoms with Crippen LogP contribution in [0.1, 0.15) is 16.3 Å². The minimum absolute atomic E-state index is 0.0541. The summed E-state index contributed by atoms with van der Waals surface area (Å²) in [6.07, 6.45) is 0.939. The lowest BCUT2D eigenvalue weighted by Crippen LogP contribution is -2.35. The Morgan fingerprint density at radius 2 is 2.00 bits per heavy atom. The maximum atomic E-state index is 11.8. The topological polar surface area (TPSA) is 84.7 Å². The van der Waals surface area contributed by atoms with Crippen LogP contribution in [0.5, 0.6) is 0 Å². The van der Waals surface area contributed by atoms with E-state index in [0.717, 1.165) is 0 Å². The SMILES string of the molecule is COC(=O)N1Cc2nc(C(=O)O)cn2-c2ccccc21. The van der Waals surface area contributed by atoms with Gasteiger partial charge in [-0.25, -0.2) is 14.6 Å². The standard InChI is InChI=1S/C13H11N3O4/c1-20-13(19)16-7-11-14-8(12(17)18)6-15(11)9-4-2-3-5-10(9)16/h2-6H,7H2,1H3,(H,17,18). The van der Waals surface area contributed by atoms with Crippen molar-refractivity contribution in [2.75, 3.05) is 12.0 Å². The minimum Gasteiger partial charge on any atom is -0.476 e. The summed E-state index contributed by atoms with van der Waals surface area (Å²) in [6.45, 7) is 0.164. The Labute approximate surface area is 114 Å². The van der Waals surface area contributed by atoms with Crippen LogP contribution >= 0.6 is 0 Å². The summed E-state index contributed by atoms with van der Waals surface area (Å²) >= 11 is 0. The van der Waals surface area contributed by atoms with E-state index in [1.165, 1.54) is 18.2 Å². The normalized spacial score (nSPS) is 12.6. The zero-order valence-corrected chi connectivity index (χ0v) is 10.6. The molecule has 2 heterocycles. The molecular weight excluding hydrogens is 262 g/mol. The molecule has 1 aromatic heterocycles. The Morgan fingerprint density at radius 1 is 1.30 bits per heavy atom. The number of hydrogen-bond donors (Lipinski definition) is 1. The predicted molar refractivity (Wildman–Crippen MR) is 69.1 cm³/mol. The van der Waals surface area contributed by atoms with E-state index in [-0.39, 0.29) is 12.2 Å². The van der Waals surface area contributed by atoms with E-state index in [1.54, 1.807) is 22.8 Å². The summed E-state index contributed by atoms with van der Waals surface area (Å²) < 4.78 is 6.43. The molecule has 0 unspecified atom stereocenters. The molecule has 7 heteroatoms. The number of carboxylic acids is 1. The number of hydrogen-bond acceptors (Lipinski definition) is 4. The molecular formula is C13H11N3O4. The highest BCUT2D eigenvalue weighted by Gasteiger charge is 2.29. The number of carboxylic acid groups (broad SMARTS) is 1. The average molecular weight is 273 g/mol. The molecule has 0 radical (unpaired) electrons. The molecule has 3 rings (SSSR count). The van der Waals surface area contributed by atoms with Crippen molar-refractivity contribution >= 4 is 17.7 Å². The van der Waals surface area contributed by atoms with Crippen LogP contribution in [-0.2, 0) is 11.3 Å². The van der Waals surface area contributed by atoms with Crippen molar-refractivity contribution in [2.45, 2.75) is 6.54 Å². The van der Waals surface area contributed by atoms with Gasteiger partial charge in [0.2, 0.25) is 0 Å². The van der Waals surface area contributed by atoms with E-state index >= 15 is 0 Å². The number of amides is 1. The lowest BCUT2D eigenvalue weighted by atomic mass is 10.2. The molecule has 0 saturated heterocycles. The third-order valence-corrected chi connectivity index (χ3v) is 3.12. The van der Waals surface area contributed by atoms with Gasteiger partial charge in [0.15, 0.2) is 5.69 Å². The summed E-state index contributed by atoms with van der Waals surface area (Å²) in [6, 6.07) is 7.18. The molecule has 1 aliphatic heterocycles. The summed E-state index contributed by atoms with van der Waals surface area (Å²) in [5, 5.41) is 9.02. The predicted octanol–water partition coefficient (Wildman–Crippen LogP) is 1.66. The highest BCUT2D eigenvalue weighted by molar-refractivity contribution is 5.92. The van der Waals surface area contributed by atoms with Crippen LogP contribution in [0.25, 0.3) is 5.69 Å². The van der Waals surface area contributed by atoms with Gasteiger partial charge in [-0.05, 0) is 12.1 Å². The number of benzene rings is 1. The molecule has 0 spiro atoms. The van der Waals surface area contributed by atoms with Gasteiger partial charge < -0.3 is 9.84 Å². The number of para-hydroxylation sites is 2.